The molecule has 0 amide bonds. The number of rotatable bonds is 5. The topological polar surface area (TPSA) is 41.1 Å². The Labute approximate surface area is 150 Å². The second-order valence-electron chi connectivity index (χ2n) is 6.97. The van der Waals surface area contributed by atoms with E-state index in [1.807, 2.05) is 6.92 Å². The minimum absolute atomic E-state index is 0.821. The lowest BCUT2D eigenvalue weighted by Crippen LogP contribution is -2.16. The first-order valence-electron chi connectivity index (χ1n) is 9.42. The summed E-state index contributed by atoms with van der Waals surface area (Å²) in [6.45, 7) is 3.90. The molecule has 0 radical (unpaired) electrons. The standard InChI is InChI=1S/C21H26N4/c1-16-23-20(22-13-11-17-7-3-2-4-8-17)15-21(24-16)25-14-12-18-9-5-6-10-19(18)25/h5-7,9-10,15H,2-4,8,11-14H2,1H3,(H,22,23,24). The lowest BCUT2D eigenvalue weighted by atomic mass is 9.97. The fourth-order valence-corrected chi connectivity index (χ4v) is 3.84. The van der Waals surface area contributed by atoms with Crippen molar-refractivity contribution < 1.29 is 0 Å². The maximum Gasteiger partial charge on any atom is 0.138 e. The fraction of sp³-hybridized carbons (Fsp3) is 0.429. The van der Waals surface area contributed by atoms with Gasteiger partial charge in [-0.25, -0.2) is 9.97 Å². The molecule has 1 aromatic carbocycles. The van der Waals surface area contributed by atoms with Gasteiger partial charge < -0.3 is 10.2 Å². The zero-order valence-corrected chi connectivity index (χ0v) is 15.0. The number of nitrogens with one attached hydrogen (secondary N) is 1. The van der Waals surface area contributed by atoms with Gasteiger partial charge in [-0.2, -0.15) is 0 Å². The van der Waals surface area contributed by atoms with Crippen LogP contribution in [0, 0.1) is 6.92 Å². The summed E-state index contributed by atoms with van der Waals surface area (Å²) in [6, 6.07) is 10.7. The van der Waals surface area contributed by atoms with Crippen molar-refractivity contribution in [2.45, 2.75) is 45.4 Å². The number of allylic oxidation sites excluding steroid dienone is 1. The molecular formula is C21H26N4. The van der Waals surface area contributed by atoms with Gasteiger partial charge in [0, 0.05) is 24.8 Å². The first-order chi connectivity index (χ1) is 12.3. The van der Waals surface area contributed by atoms with Gasteiger partial charge in [-0.15, -0.1) is 0 Å². The lowest BCUT2D eigenvalue weighted by Gasteiger charge is -2.20. The molecule has 4 nitrogen and oxygen atoms in total. The van der Waals surface area contributed by atoms with Crippen LogP contribution in [0.25, 0.3) is 0 Å². The van der Waals surface area contributed by atoms with Gasteiger partial charge in [0.25, 0.3) is 0 Å². The number of benzene rings is 1. The predicted molar refractivity (Wildman–Crippen MR) is 104 cm³/mol. The largest absolute Gasteiger partial charge is 0.370 e. The van der Waals surface area contributed by atoms with E-state index in [-0.39, 0.29) is 0 Å². The fourth-order valence-electron chi connectivity index (χ4n) is 3.84. The summed E-state index contributed by atoms with van der Waals surface area (Å²) < 4.78 is 0. The predicted octanol–water partition coefficient (Wildman–Crippen LogP) is 4.78. The third-order valence-electron chi connectivity index (χ3n) is 5.13. The number of anilines is 3. The van der Waals surface area contributed by atoms with Gasteiger partial charge in [0.15, 0.2) is 0 Å². The van der Waals surface area contributed by atoms with Gasteiger partial charge in [0.2, 0.25) is 0 Å². The number of nitrogens with zero attached hydrogens (tertiary/aromatic N) is 3. The Morgan fingerprint density at radius 1 is 1.12 bits per heavy atom. The Kier molecular flexibility index (Phi) is 4.68. The molecule has 2 aromatic rings. The Balaban J connectivity index is 1.47. The molecule has 25 heavy (non-hydrogen) atoms. The highest BCUT2D eigenvalue weighted by molar-refractivity contribution is 5.68. The Morgan fingerprint density at radius 3 is 2.92 bits per heavy atom. The van der Waals surface area contributed by atoms with Gasteiger partial charge in [0.1, 0.15) is 17.5 Å². The van der Waals surface area contributed by atoms with Crippen molar-refractivity contribution in [2.24, 2.45) is 0 Å². The molecular weight excluding hydrogens is 308 g/mol. The lowest BCUT2D eigenvalue weighted by molar-refractivity contribution is 0.679. The van der Waals surface area contributed by atoms with E-state index >= 15 is 0 Å². The highest BCUT2D eigenvalue weighted by atomic mass is 15.2. The van der Waals surface area contributed by atoms with Crippen LogP contribution in [0.5, 0.6) is 0 Å². The summed E-state index contributed by atoms with van der Waals surface area (Å²) in [5.41, 5.74) is 4.27. The zero-order valence-electron chi connectivity index (χ0n) is 15.0. The number of fused-ring (bicyclic) bond motifs is 1. The van der Waals surface area contributed by atoms with Crippen LogP contribution in [-0.2, 0) is 6.42 Å². The molecule has 0 unspecified atom stereocenters. The SMILES string of the molecule is Cc1nc(NCCC2=CCCCC2)cc(N2CCc3ccccc32)n1. The van der Waals surface area contributed by atoms with Crippen LogP contribution in [0.1, 0.15) is 43.5 Å². The quantitative estimate of drug-likeness (QED) is 0.799. The molecule has 2 aliphatic rings. The molecule has 1 N–H and O–H groups in total. The van der Waals surface area contributed by atoms with E-state index in [4.69, 9.17) is 0 Å². The Morgan fingerprint density at radius 2 is 2.04 bits per heavy atom. The summed E-state index contributed by atoms with van der Waals surface area (Å²) in [5, 5.41) is 3.50. The summed E-state index contributed by atoms with van der Waals surface area (Å²) in [6.07, 6.45) is 9.82. The van der Waals surface area contributed by atoms with E-state index < -0.39 is 0 Å². The Bertz CT molecular complexity index is 781. The number of hydrogen-bond acceptors (Lipinski definition) is 4. The van der Waals surface area contributed by atoms with Crippen LogP contribution in [0.15, 0.2) is 42.0 Å². The van der Waals surface area contributed by atoms with E-state index in [2.05, 4.69) is 56.6 Å². The molecule has 2 heterocycles. The van der Waals surface area contributed by atoms with Crippen molar-refractivity contribution in [3.8, 4) is 0 Å². The number of aromatic nitrogens is 2. The Hall–Kier alpha value is -2.36. The monoisotopic (exact) mass is 334 g/mol. The normalized spacial score (nSPS) is 16.5. The average molecular weight is 334 g/mol. The zero-order chi connectivity index (χ0) is 17.1. The van der Waals surface area contributed by atoms with Crippen LogP contribution in [0.3, 0.4) is 0 Å². The summed E-state index contributed by atoms with van der Waals surface area (Å²) in [5.74, 6) is 2.75. The van der Waals surface area contributed by atoms with Crippen molar-refractivity contribution in [2.75, 3.05) is 23.3 Å². The number of aryl methyl sites for hydroxylation is 1. The van der Waals surface area contributed by atoms with Crippen molar-refractivity contribution in [3.63, 3.8) is 0 Å². The molecule has 4 heteroatoms. The maximum absolute atomic E-state index is 4.68. The van der Waals surface area contributed by atoms with Crippen molar-refractivity contribution in [1.82, 2.24) is 9.97 Å². The first-order valence-corrected chi connectivity index (χ1v) is 9.42. The van der Waals surface area contributed by atoms with Crippen molar-refractivity contribution in [1.29, 1.82) is 0 Å². The number of para-hydroxylation sites is 1. The van der Waals surface area contributed by atoms with Crippen LogP contribution >= 0.6 is 0 Å². The molecule has 1 aliphatic carbocycles. The van der Waals surface area contributed by atoms with Crippen LogP contribution in [0.2, 0.25) is 0 Å². The van der Waals surface area contributed by atoms with Gasteiger partial charge in [0.05, 0.1) is 0 Å². The molecule has 0 saturated carbocycles. The maximum atomic E-state index is 4.68. The van der Waals surface area contributed by atoms with E-state index in [9.17, 15) is 0 Å². The van der Waals surface area contributed by atoms with Crippen LogP contribution in [-0.4, -0.2) is 23.1 Å². The highest BCUT2D eigenvalue weighted by Crippen LogP contribution is 2.33. The molecule has 0 fully saturated rings. The number of hydrogen-bond donors (Lipinski definition) is 1. The van der Waals surface area contributed by atoms with Gasteiger partial charge in [-0.3, -0.25) is 0 Å². The minimum atomic E-state index is 0.821. The molecule has 1 aromatic heterocycles. The first kappa shape index (κ1) is 16.1. The summed E-state index contributed by atoms with van der Waals surface area (Å²) in [7, 11) is 0. The molecule has 4 rings (SSSR count). The summed E-state index contributed by atoms with van der Waals surface area (Å²) >= 11 is 0. The molecule has 1 aliphatic heterocycles. The van der Waals surface area contributed by atoms with Crippen LogP contribution in [0.4, 0.5) is 17.3 Å². The molecule has 0 saturated heterocycles. The average Bonchev–Trinajstić information content (AvgIpc) is 3.06. The van der Waals surface area contributed by atoms with Crippen LogP contribution < -0.4 is 10.2 Å². The van der Waals surface area contributed by atoms with Gasteiger partial charge in [-0.1, -0.05) is 29.8 Å². The van der Waals surface area contributed by atoms with E-state index in [0.29, 0.717) is 0 Å². The highest BCUT2D eigenvalue weighted by Gasteiger charge is 2.21. The minimum Gasteiger partial charge on any atom is -0.370 e. The molecule has 130 valence electrons. The second-order valence-corrected chi connectivity index (χ2v) is 6.97. The van der Waals surface area contributed by atoms with Gasteiger partial charge in [-0.05, 0) is 57.1 Å². The smallest absolute Gasteiger partial charge is 0.138 e. The van der Waals surface area contributed by atoms with E-state index in [1.54, 1.807) is 5.57 Å². The molecule has 0 bridgehead atoms. The third kappa shape index (κ3) is 3.68. The second kappa shape index (κ2) is 7.26. The van der Waals surface area contributed by atoms with E-state index in [0.717, 1.165) is 43.4 Å². The summed E-state index contributed by atoms with van der Waals surface area (Å²) in [4.78, 5) is 11.6. The third-order valence-corrected chi connectivity index (χ3v) is 5.13. The van der Waals surface area contributed by atoms with E-state index in [1.165, 1.54) is 36.9 Å². The molecule has 0 spiro atoms. The van der Waals surface area contributed by atoms with Gasteiger partial charge >= 0.3 is 0 Å². The van der Waals surface area contributed by atoms with Crippen molar-refractivity contribution in [3.05, 3.63) is 53.4 Å². The molecule has 0 atom stereocenters. The van der Waals surface area contributed by atoms with Crippen molar-refractivity contribution >= 4 is 17.3 Å².